The zero-order valence-electron chi connectivity index (χ0n) is 17.5. The van der Waals surface area contributed by atoms with Gasteiger partial charge in [0, 0.05) is 11.3 Å². The van der Waals surface area contributed by atoms with Crippen LogP contribution in [0.15, 0.2) is 66.1 Å². The zero-order valence-corrected chi connectivity index (χ0v) is 19.1. The summed E-state index contributed by atoms with van der Waals surface area (Å²) in [5.41, 5.74) is -0.472. The predicted octanol–water partition coefficient (Wildman–Crippen LogP) is 6.48. The molecule has 0 fully saturated rings. The van der Waals surface area contributed by atoms with Crippen molar-refractivity contribution in [3.63, 3.8) is 0 Å². The van der Waals surface area contributed by atoms with E-state index >= 15 is 0 Å². The molecule has 1 heterocycles. The third-order valence-electron chi connectivity index (χ3n) is 4.48. The quantitative estimate of drug-likeness (QED) is 0.252. The van der Waals surface area contributed by atoms with Crippen LogP contribution in [0, 0.1) is 5.41 Å². The van der Waals surface area contributed by atoms with Crippen molar-refractivity contribution in [1.29, 1.82) is 5.41 Å². The Labute approximate surface area is 201 Å². The number of hydrogen-bond donors (Lipinski definition) is 3. The molecule has 0 saturated heterocycles. The number of rotatable bonds is 7. The van der Waals surface area contributed by atoms with Crippen LogP contribution in [-0.2, 0) is 4.74 Å². The molecule has 34 heavy (non-hydrogen) atoms. The highest BCUT2D eigenvalue weighted by Crippen LogP contribution is 2.28. The van der Waals surface area contributed by atoms with E-state index in [1.54, 1.807) is 35.7 Å². The van der Waals surface area contributed by atoms with Gasteiger partial charge in [-0.1, -0.05) is 35.9 Å². The highest BCUT2D eigenvalue weighted by molar-refractivity contribution is 7.12. The Balaban J connectivity index is 1.87. The number of amides is 1. The second-order valence-corrected chi connectivity index (χ2v) is 8.08. The lowest BCUT2D eigenvalue weighted by Gasteiger charge is -2.15. The second kappa shape index (κ2) is 10.5. The zero-order chi connectivity index (χ0) is 24.9. The lowest BCUT2D eigenvalue weighted by Crippen LogP contribution is -2.20. The lowest BCUT2D eigenvalue weighted by molar-refractivity contribution is -0.0583. The Kier molecular flexibility index (Phi) is 7.75. The third kappa shape index (κ3) is 6.03. The molecule has 6 nitrogen and oxygen atoms in total. The van der Waals surface area contributed by atoms with E-state index in [1.807, 2.05) is 0 Å². The Hall–Kier alpha value is -3.63. The largest absolute Gasteiger partial charge is 0.465 e. The summed E-state index contributed by atoms with van der Waals surface area (Å²) in [7, 11) is 1.23. The normalized spacial score (nSPS) is 11.6. The minimum absolute atomic E-state index is 0.0341. The van der Waals surface area contributed by atoms with E-state index < -0.39 is 23.8 Å². The number of carbonyl (C=O) groups is 2. The molecule has 0 spiro atoms. The van der Waals surface area contributed by atoms with Crippen molar-refractivity contribution in [3.05, 3.63) is 87.1 Å². The summed E-state index contributed by atoms with van der Waals surface area (Å²) < 4.78 is 43.7. The van der Waals surface area contributed by atoms with E-state index in [9.17, 15) is 22.8 Å². The Morgan fingerprint density at radius 2 is 1.65 bits per heavy atom. The average molecular weight is 508 g/mol. The summed E-state index contributed by atoms with van der Waals surface area (Å²) in [6, 6.07) is 13.7. The van der Waals surface area contributed by atoms with E-state index in [0.717, 1.165) is 11.3 Å². The summed E-state index contributed by atoms with van der Waals surface area (Å²) in [6.07, 6.45) is -4.20. The summed E-state index contributed by atoms with van der Waals surface area (Å²) in [5, 5.41) is 14.7. The fourth-order valence-corrected chi connectivity index (χ4v) is 3.73. The van der Waals surface area contributed by atoms with Gasteiger partial charge in [0.25, 0.3) is 5.91 Å². The summed E-state index contributed by atoms with van der Waals surface area (Å²) in [5.74, 6) is -1.11. The van der Waals surface area contributed by atoms with E-state index in [2.05, 4.69) is 15.4 Å². The molecule has 0 radical (unpaired) electrons. The van der Waals surface area contributed by atoms with Gasteiger partial charge in [-0.3, -0.25) is 10.2 Å². The van der Waals surface area contributed by atoms with Crippen molar-refractivity contribution in [2.75, 3.05) is 17.7 Å². The van der Waals surface area contributed by atoms with Crippen LogP contribution in [0.5, 0.6) is 0 Å². The molecule has 3 rings (SSSR count). The van der Waals surface area contributed by atoms with Gasteiger partial charge in [-0.15, -0.1) is 11.3 Å². The van der Waals surface area contributed by atoms with Crippen molar-refractivity contribution < 1.29 is 27.5 Å². The van der Waals surface area contributed by atoms with Crippen LogP contribution in [0.4, 0.5) is 24.5 Å². The number of thiophene rings is 1. The second-order valence-electron chi connectivity index (χ2n) is 6.76. The monoisotopic (exact) mass is 507 g/mol. The van der Waals surface area contributed by atoms with E-state index in [0.29, 0.717) is 11.8 Å². The van der Waals surface area contributed by atoms with Crippen LogP contribution in [0.25, 0.3) is 5.70 Å². The van der Waals surface area contributed by atoms with Crippen LogP contribution in [-0.4, -0.2) is 30.9 Å². The van der Waals surface area contributed by atoms with Gasteiger partial charge in [-0.25, -0.2) is 4.79 Å². The molecule has 0 aliphatic rings. The number of carbonyl (C=O) groups excluding carboxylic acids is 2. The van der Waals surface area contributed by atoms with Gasteiger partial charge in [0.15, 0.2) is 0 Å². The topological polar surface area (TPSA) is 91.3 Å². The summed E-state index contributed by atoms with van der Waals surface area (Å²) >= 11 is 7.22. The number of benzene rings is 2. The van der Waals surface area contributed by atoms with E-state index in [4.69, 9.17) is 17.0 Å². The number of anilines is 2. The minimum atomic E-state index is -4.84. The number of methoxy groups -OCH3 is 1. The average Bonchev–Trinajstić information content (AvgIpc) is 3.27. The van der Waals surface area contributed by atoms with Crippen LogP contribution in [0.1, 0.15) is 25.6 Å². The SMILES string of the molecule is COC(=O)c1sccc1NC(=O)c1ccc(/C(=C/C(=N)C(F)(F)F)Nc2ccccc2Cl)cc1. The molecule has 1 aromatic heterocycles. The van der Waals surface area contributed by atoms with Crippen LogP contribution in [0.2, 0.25) is 5.02 Å². The molecule has 3 N–H and O–H groups in total. The Bertz CT molecular complexity index is 1250. The molecule has 0 aliphatic carbocycles. The fourth-order valence-electron chi connectivity index (χ4n) is 2.78. The van der Waals surface area contributed by atoms with Crippen LogP contribution < -0.4 is 10.6 Å². The fraction of sp³-hybridized carbons (Fsp3) is 0.0870. The Morgan fingerprint density at radius 1 is 1.00 bits per heavy atom. The summed E-state index contributed by atoms with van der Waals surface area (Å²) in [6.45, 7) is 0. The molecule has 0 atom stereocenters. The van der Waals surface area contributed by atoms with Crippen LogP contribution >= 0.6 is 22.9 Å². The molecular formula is C23H17ClF3N3O3S. The lowest BCUT2D eigenvalue weighted by atomic mass is 10.1. The van der Waals surface area contributed by atoms with Crippen molar-refractivity contribution >= 4 is 57.6 Å². The van der Waals surface area contributed by atoms with Crippen molar-refractivity contribution in [3.8, 4) is 0 Å². The first-order chi connectivity index (χ1) is 16.1. The van der Waals surface area contributed by atoms with Gasteiger partial charge in [0.2, 0.25) is 0 Å². The predicted molar refractivity (Wildman–Crippen MR) is 127 cm³/mol. The number of esters is 1. The smallest absolute Gasteiger partial charge is 0.432 e. The maximum atomic E-state index is 13.0. The number of alkyl halides is 3. The molecule has 0 bridgehead atoms. The first kappa shape index (κ1) is 25.0. The van der Waals surface area contributed by atoms with Gasteiger partial charge < -0.3 is 15.4 Å². The minimum Gasteiger partial charge on any atom is -0.465 e. The maximum Gasteiger partial charge on any atom is 0.432 e. The molecular weight excluding hydrogens is 491 g/mol. The van der Waals surface area contributed by atoms with Gasteiger partial charge >= 0.3 is 12.1 Å². The molecule has 2 aromatic carbocycles. The molecule has 0 unspecified atom stereocenters. The maximum absolute atomic E-state index is 13.0. The molecule has 11 heteroatoms. The number of hydrogen-bond acceptors (Lipinski definition) is 6. The third-order valence-corrected chi connectivity index (χ3v) is 5.70. The number of nitrogens with one attached hydrogen (secondary N) is 3. The Morgan fingerprint density at radius 3 is 2.26 bits per heavy atom. The number of para-hydroxylation sites is 1. The van der Waals surface area contributed by atoms with Crippen molar-refractivity contribution in [2.45, 2.75) is 6.18 Å². The van der Waals surface area contributed by atoms with Gasteiger partial charge in [-0.05, 0) is 47.4 Å². The first-order valence-electron chi connectivity index (χ1n) is 9.56. The molecule has 176 valence electrons. The standard InChI is InChI=1S/C23H17ClF3N3O3S/c1-33-22(32)20-17(10-11-34-20)30-21(31)14-8-6-13(7-9-14)18(12-19(28)23(25,26)27)29-16-5-3-2-4-15(16)24/h2-12,28-29H,1H3,(H,30,31)/b18-12-,28-19?. The van der Waals surface area contributed by atoms with Gasteiger partial charge in [0.05, 0.1) is 23.5 Å². The highest BCUT2D eigenvalue weighted by Gasteiger charge is 2.33. The van der Waals surface area contributed by atoms with Crippen molar-refractivity contribution in [1.82, 2.24) is 0 Å². The van der Waals surface area contributed by atoms with Crippen LogP contribution in [0.3, 0.4) is 0 Å². The molecule has 0 saturated carbocycles. The molecule has 0 aliphatic heterocycles. The summed E-state index contributed by atoms with van der Waals surface area (Å²) in [4.78, 5) is 24.6. The number of halogens is 4. The van der Waals surface area contributed by atoms with Gasteiger partial charge in [-0.2, -0.15) is 13.2 Å². The number of ether oxygens (including phenoxy) is 1. The van der Waals surface area contributed by atoms with Crippen molar-refractivity contribution in [2.24, 2.45) is 0 Å². The first-order valence-corrected chi connectivity index (χ1v) is 10.8. The molecule has 3 aromatic rings. The highest BCUT2D eigenvalue weighted by atomic mass is 35.5. The van der Waals surface area contributed by atoms with E-state index in [-0.39, 0.29) is 32.4 Å². The number of allylic oxidation sites excluding steroid dienone is 1. The van der Waals surface area contributed by atoms with E-state index in [1.165, 1.54) is 31.4 Å². The van der Waals surface area contributed by atoms with Gasteiger partial charge in [0.1, 0.15) is 10.6 Å². The molecule has 1 amide bonds.